The Kier molecular flexibility index (Phi) is 3.84. The molecule has 0 saturated carbocycles. The van der Waals surface area contributed by atoms with Crippen LogP contribution in [0.25, 0.3) is 11.4 Å². The maximum atomic E-state index is 12.7. The van der Waals surface area contributed by atoms with Crippen molar-refractivity contribution in [1.82, 2.24) is 24.7 Å². The summed E-state index contributed by atoms with van der Waals surface area (Å²) in [7, 11) is 1.71. The molecule has 10 heteroatoms. The number of aromatic nitrogens is 5. The van der Waals surface area contributed by atoms with Crippen LogP contribution < -0.4 is 0 Å². The Morgan fingerprint density at radius 1 is 1.22 bits per heavy atom. The molecule has 0 N–H and O–H groups in total. The molecule has 0 aliphatic carbocycles. The molecule has 0 spiro atoms. The first kappa shape index (κ1) is 15.5. The van der Waals surface area contributed by atoms with Gasteiger partial charge in [0.15, 0.2) is 16.1 Å². The van der Waals surface area contributed by atoms with Gasteiger partial charge in [0.1, 0.15) is 11.5 Å². The highest BCUT2D eigenvalue weighted by Crippen LogP contribution is 2.31. The Morgan fingerprint density at radius 3 is 2.65 bits per heavy atom. The molecule has 0 aliphatic rings. The first-order valence-electron chi connectivity index (χ1n) is 6.38. The van der Waals surface area contributed by atoms with E-state index in [1.165, 1.54) is 6.26 Å². The molecule has 23 heavy (non-hydrogen) atoms. The second-order valence-corrected chi connectivity index (χ2v) is 5.51. The molecular formula is C13H10F3N5OS. The van der Waals surface area contributed by atoms with Crippen molar-refractivity contribution < 1.29 is 17.6 Å². The number of hydrogen-bond acceptors (Lipinski definition) is 6. The van der Waals surface area contributed by atoms with E-state index in [1.54, 1.807) is 24.6 Å². The fraction of sp³-hybridized carbons (Fsp3) is 0.231. The van der Waals surface area contributed by atoms with Crippen molar-refractivity contribution in [1.29, 1.82) is 0 Å². The summed E-state index contributed by atoms with van der Waals surface area (Å²) in [6.07, 6.45) is -1.92. The van der Waals surface area contributed by atoms with Crippen LogP contribution in [0, 0.1) is 6.92 Å². The van der Waals surface area contributed by atoms with E-state index in [0.29, 0.717) is 16.7 Å². The molecule has 0 atom stereocenters. The molecule has 0 fully saturated rings. The number of halogens is 3. The van der Waals surface area contributed by atoms with Gasteiger partial charge in [-0.15, -0.1) is 10.2 Å². The zero-order chi connectivity index (χ0) is 16.6. The fourth-order valence-corrected chi connectivity index (χ4v) is 2.61. The predicted molar refractivity (Wildman–Crippen MR) is 74.6 cm³/mol. The number of alkyl halides is 3. The molecule has 3 aromatic heterocycles. The molecule has 3 rings (SSSR count). The zero-order valence-electron chi connectivity index (χ0n) is 12.0. The van der Waals surface area contributed by atoms with Gasteiger partial charge >= 0.3 is 6.18 Å². The SMILES string of the molecule is Cc1occc1-c1nnc(Sc2nccc(C(F)(F)F)n2)n1C. The monoisotopic (exact) mass is 341 g/mol. The molecule has 0 amide bonds. The van der Waals surface area contributed by atoms with Crippen LogP contribution in [-0.4, -0.2) is 24.7 Å². The van der Waals surface area contributed by atoms with Crippen LogP contribution in [0.3, 0.4) is 0 Å². The van der Waals surface area contributed by atoms with Crippen molar-refractivity contribution in [3.63, 3.8) is 0 Å². The van der Waals surface area contributed by atoms with Crippen molar-refractivity contribution in [3.8, 4) is 11.4 Å². The average Bonchev–Trinajstić information content (AvgIpc) is 3.05. The standard InChI is InChI=1S/C13H10F3N5OS/c1-7-8(4-6-22-7)10-19-20-12(21(10)2)23-11-17-5-3-9(18-11)13(14,15)16/h3-6H,1-2H3. The topological polar surface area (TPSA) is 69.6 Å². The Hall–Kier alpha value is -2.36. The molecule has 6 nitrogen and oxygen atoms in total. The van der Waals surface area contributed by atoms with Gasteiger partial charge in [-0.3, -0.25) is 0 Å². The third-order valence-electron chi connectivity index (χ3n) is 3.04. The van der Waals surface area contributed by atoms with E-state index in [-0.39, 0.29) is 5.16 Å². The largest absolute Gasteiger partial charge is 0.469 e. The molecule has 0 unspecified atom stereocenters. The lowest BCUT2D eigenvalue weighted by atomic mass is 10.2. The quantitative estimate of drug-likeness (QED) is 0.681. The second kappa shape index (κ2) is 5.69. The minimum Gasteiger partial charge on any atom is -0.469 e. The molecular weight excluding hydrogens is 331 g/mol. The van der Waals surface area contributed by atoms with E-state index in [4.69, 9.17) is 4.42 Å². The van der Waals surface area contributed by atoms with Crippen LogP contribution in [0.5, 0.6) is 0 Å². The van der Waals surface area contributed by atoms with Gasteiger partial charge in [-0.05, 0) is 30.8 Å². The van der Waals surface area contributed by atoms with Crippen molar-refractivity contribution in [2.45, 2.75) is 23.4 Å². The maximum absolute atomic E-state index is 12.7. The van der Waals surface area contributed by atoms with Crippen molar-refractivity contribution in [2.75, 3.05) is 0 Å². The molecule has 0 saturated heterocycles. The van der Waals surface area contributed by atoms with Crippen LogP contribution in [0.2, 0.25) is 0 Å². The third kappa shape index (κ3) is 3.07. The van der Waals surface area contributed by atoms with E-state index >= 15 is 0 Å². The average molecular weight is 341 g/mol. The molecule has 120 valence electrons. The molecule has 3 aromatic rings. The third-order valence-corrected chi connectivity index (χ3v) is 3.96. The summed E-state index contributed by atoms with van der Waals surface area (Å²) in [6, 6.07) is 2.57. The number of hydrogen-bond donors (Lipinski definition) is 0. The summed E-state index contributed by atoms with van der Waals surface area (Å²) < 4.78 is 44.9. The van der Waals surface area contributed by atoms with Gasteiger partial charge in [-0.25, -0.2) is 9.97 Å². The van der Waals surface area contributed by atoms with Gasteiger partial charge in [-0.1, -0.05) is 0 Å². The van der Waals surface area contributed by atoms with Crippen molar-refractivity contribution in [2.24, 2.45) is 7.05 Å². The van der Waals surface area contributed by atoms with Gasteiger partial charge < -0.3 is 8.98 Å². The van der Waals surface area contributed by atoms with E-state index in [2.05, 4.69) is 20.2 Å². The van der Waals surface area contributed by atoms with Crippen molar-refractivity contribution >= 4 is 11.8 Å². The minimum absolute atomic E-state index is 0.0502. The zero-order valence-corrected chi connectivity index (χ0v) is 12.8. The van der Waals surface area contributed by atoms with E-state index in [0.717, 1.165) is 29.6 Å². The summed E-state index contributed by atoms with van der Waals surface area (Å²) >= 11 is 0.905. The summed E-state index contributed by atoms with van der Waals surface area (Å²) in [4.78, 5) is 7.33. The highest BCUT2D eigenvalue weighted by molar-refractivity contribution is 7.99. The molecule has 0 bridgehead atoms. The van der Waals surface area contributed by atoms with Gasteiger partial charge in [0.05, 0.1) is 11.8 Å². The minimum atomic E-state index is -4.52. The fourth-order valence-electron chi connectivity index (χ4n) is 1.88. The lowest BCUT2D eigenvalue weighted by Crippen LogP contribution is -2.08. The maximum Gasteiger partial charge on any atom is 0.433 e. The van der Waals surface area contributed by atoms with Crippen LogP contribution in [0.15, 0.2) is 39.3 Å². The van der Waals surface area contributed by atoms with E-state index in [9.17, 15) is 13.2 Å². The highest BCUT2D eigenvalue weighted by atomic mass is 32.2. The van der Waals surface area contributed by atoms with Crippen LogP contribution in [-0.2, 0) is 13.2 Å². The number of nitrogens with zero attached hydrogens (tertiary/aromatic N) is 5. The van der Waals surface area contributed by atoms with Crippen LogP contribution in [0.1, 0.15) is 11.5 Å². The lowest BCUT2D eigenvalue weighted by Gasteiger charge is -2.06. The molecule has 0 aliphatic heterocycles. The van der Waals surface area contributed by atoms with Gasteiger partial charge in [0, 0.05) is 13.2 Å². The Balaban J connectivity index is 1.90. The number of rotatable bonds is 3. The van der Waals surface area contributed by atoms with E-state index in [1.807, 2.05) is 0 Å². The van der Waals surface area contributed by atoms with Crippen LogP contribution in [0.4, 0.5) is 13.2 Å². The number of furan rings is 1. The van der Waals surface area contributed by atoms with Crippen molar-refractivity contribution in [3.05, 3.63) is 36.0 Å². The smallest absolute Gasteiger partial charge is 0.433 e. The van der Waals surface area contributed by atoms with Gasteiger partial charge in [-0.2, -0.15) is 13.2 Å². The first-order chi connectivity index (χ1) is 10.9. The molecule has 3 heterocycles. The molecule has 0 radical (unpaired) electrons. The summed E-state index contributed by atoms with van der Waals surface area (Å²) in [5.74, 6) is 1.22. The Labute approximate surface area is 132 Å². The second-order valence-electron chi connectivity index (χ2n) is 4.58. The van der Waals surface area contributed by atoms with E-state index < -0.39 is 11.9 Å². The Morgan fingerprint density at radius 2 is 2.00 bits per heavy atom. The predicted octanol–water partition coefficient (Wildman–Crippen LogP) is 3.34. The lowest BCUT2D eigenvalue weighted by molar-refractivity contribution is -0.141. The van der Waals surface area contributed by atoms with Crippen LogP contribution >= 0.6 is 11.8 Å². The molecule has 0 aromatic carbocycles. The number of aryl methyl sites for hydroxylation is 1. The summed E-state index contributed by atoms with van der Waals surface area (Å²) in [5.41, 5.74) is -0.236. The summed E-state index contributed by atoms with van der Waals surface area (Å²) in [5, 5.41) is 8.34. The first-order valence-corrected chi connectivity index (χ1v) is 7.20. The summed E-state index contributed by atoms with van der Waals surface area (Å²) in [6.45, 7) is 1.78. The Bertz CT molecular complexity index is 842. The van der Waals surface area contributed by atoms with Gasteiger partial charge in [0.2, 0.25) is 0 Å². The van der Waals surface area contributed by atoms with Gasteiger partial charge in [0.25, 0.3) is 0 Å². The normalized spacial score (nSPS) is 11.9. The highest BCUT2D eigenvalue weighted by Gasteiger charge is 2.33.